The summed E-state index contributed by atoms with van der Waals surface area (Å²) >= 11 is 1.32. The van der Waals surface area contributed by atoms with Crippen LogP contribution in [0.1, 0.15) is 57.8 Å². The van der Waals surface area contributed by atoms with Gasteiger partial charge in [0.15, 0.2) is 0 Å². The van der Waals surface area contributed by atoms with Gasteiger partial charge in [0.1, 0.15) is 5.00 Å². The third kappa shape index (κ3) is 6.56. The summed E-state index contributed by atoms with van der Waals surface area (Å²) < 4.78 is 26.9. The maximum Gasteiger partial charge on any atom is 0.323 e. The van der Waals surface area contributed by atoms with Crippen LogP contribution in [0.25, 0.3) is 0 Å². The summed E-state index contributed by atoms with van der Waals surface area (Å²) in [5.74, 6) is -1.03. The van der Waals surface area contributed by atoms with Crippen molar-refractivity contribution in [1.82, 2.24) is 19.4 Å². The number of likely N-dealkylation sites (N-methyl/N-ethyl adjacent to an activating group) is 1. The van der Waals surface area contributed by atoms with Crippen molar-refractivity contribution < 1.29 is 22.8 Å². The van der Waals surface area contributed by atoms with Gasteiger partial charge in [0.05, 0.1) is 10.5 Å². The van der Waals surface area contributed by atoms with Crippen LogP contribution in [-0.2, 0) is 23.0 Å². The second kappa shape index (κ2) is 12.2. The van der Waals surface area contributed by atoms with E-state index in [1.54, 1.807) is 14.1 Å². The molecule has 2 heterocycles. The molecule has 0 fully saturated rings. The zero-order chi connectivity index (χ0) is 27.3. The first kappa shape index (κ1) is 28.8. The molecule has 0 saturated carbocycles. The van der Waals surface area contributed by atoms with Crippen LogP contribution in [0, 0.1) is 0 Å². The highest BCUT2D eigenvalue weighted by atomic mass is 32.2. The number of imide groups is 1. The van der Waals surface area contributed by atoms with E-state index in [-0.39, 0.29) is 10.5 Å². The first-order valence-electron chi connectivity index (χ1n) is 12.3. The van der Waals surface area contributed by atoms with Crippen LogP contribution < -0.4 is 10.6 Å². The Morgan fingerprint density at radius 3 is 2.32 bits per heavy atom. The topological polar surface area (TPSA) is 119 Å². The van der Waals surface area contributed by atoms with Crippen LogP contribution in [0.5, 0.6) is 0 Å². The molecule has 1 aliphatic rings. The molecule has 2 N–H and O–H groups in total. The Bertz CT molecular complexity index is 1260. The highest BCUT2D eigenvalue weighted by Gasteiger charge is 2.30. The van der Waals surface area contributed by atoms with Crippen molar-refractivity contribution in [2.45, 2.75) is 44.6 Å². The van der Waals surface area contributed by atoms with Gasteiger partial charge in [0, 0.05) is 51.2 Å². The SMILES string of the molecule is CCCCN(C)S(=O)(=O)c1ccc(C(=O)Nc2sc3c(c2C(=O)NC(=O)N(C)C)CCN(CC)C3)cc1. The zero-order valence-electron chi connectivity index (χ0n) is 22.0. The molecule has 3 rings (SSSR count). The number of sulfonamides is 1. The van der Waals surface area contributed by atoms with Gasteiger partial charge in [0.2, 0.25) is 10.0 Å². The van der Waals surface area contributed by atoms with Gasteiger partial charge in [-0.25, -0.2) is 17.5 Å². The molecule has 4 amide bonds. The predicted octanol–water partition coefficient (Wildman–Crippen LogP) is 3.21. The number of carbonyl (C=O) groups excluding carboxylic acids is 3. The summed E-state index contributed by atoms with van der Waals surface area (Å²) in [4.78, 5) is 42.9. The van der Waals surface area contributed by atoms with Gasteiger partial charge < -0.3 is 10.2 Å². The van der Waals surface area contributed by atoms with Crippen LogP contribution in [0.2, 0.25) is 0 Å². The van der Waals surface area contributed by atoms with Gasteiger partial charge >= 0.3 is 6.03 Å². The maximum absolute atomic E-state index is 13.1. The lowest BCUT2D eigenvalue weighted by Crippen LogP contribution is -2.39. The number of amides is 4. The lowest BCUT2D eigenvalue weighted by molar-refractivity contribution is 0.0956. The normalized spacial score (nSPS) is 13.8. The molecule has 12 heteroatoms. The molecule has 1 aromatic heterocycles. The van der Waals surface area contributed by atoms with Crippen LogP contribution in [0.3, 0.4) is 0 Å². The van der Waals surface area contributed by atoms with E-state index in [1.807, 2.05) is 6.92 Å². The standard InChI is InChI=1S/C25H35N5O5S2/c1-6-8-14-29(5)37(34,35)18-11-9-17(10-12-18)22(31)26-24-21(23(32)27-25(33)28(3)4)19-13-15-30(7-2)16-20(19)36-24/h9-12H,6-8,13-16H2,1-5H3,(H,26,31)(H,27,32,33). The number of fused-ring (bicyclic) bond motifs is 1. The van der Waals surface area contributed by atoms with E-state index in [9.17, 15) is 22.8 Å². The van der Waals surface area contributed by atoms with E-state index >= 15 is 0 Å². The molecule has 202 valence electrons. The number of hydrogen-bond acceptors (Lipinski definition) is 7. The van der Waals surface area contributed by atoms with Gasteiger partial charge in [-0.15, -0.1) is 11.3 Å². The molecule has 37 heavy (non-hydrogen) atoms. The fraction of sp³-hybridized carbons (Fsp3) is 0.480. The predicted molar refractivity (Wildman–Crippen MR) is 145 cm³/mol. The molecule has 0 aliphatic carbocycles. The first-order chi connectivity index (χ1) is 17.5. The third-order valence-corrected chi connectivity index (χ3v) is 9.32. The van der Waals surface area contributed by atoms with E-state index in [1.165, 1.54) is 51.9 Å². The number of hydrogen-bond donors (Lipinski definition) is 2. The van der Waals surface area contributed by atoms with Crippen molar-refractivity contribution in [3.8, 4) is 0 Å². The molecule has 1 aromatic carbocycles. The fourth-order valence-electron chi connectivity index (χ4n) is 3.96. The monoisotopic (exact) mass is 549 g/mol. The Morgan fingerprint density at radius 1 is 1.05 bits per heavy atom. The molecule has 0 spiro atoms. The lowest BCUT2D eigenvalue weighted by Gasteiger charge is -2.25. The Hall–Kier alpha value is -2.80. The molecule has 0 atom stereocenters. The Labute approximate surface area is 222 Å². The maximum atomic E-state index is 13.1. The minimum absolute atomic E-state index is 0.108. The molecule has 2 aromatic rings. The largest absolute Gasteiger partial charge is 0.331 e. The molecule has 0 unspecified atom stereocenters. The minimum Gasteiger partial charge on any atom is -0.331 e. The summed E-state index contributed by atoms with van der Waals surface area (Å²) in [6, 6.07) is 5.19. The molecular weight excluding hydrogens is 514 g/mol. The number of nitrogens with zero attached hydrogens (tertiary/aromatic N) is 3. The molecule has 10 nitrogen and oxygen atoms in total. The van der Waals surface area contributed by atoms with Crippen LogP contribution in [-0.4, -0.2) is 81.1 Å². The van der Waals surface area contributed by atoms with E-state index < -0.39 is 27.9 Å². The summed E-state index contributed by atoms with van der Waals surface area (Å²) in [5, 5.41) is 5.57. The number of nitrogens with one attached hydrogen (secondary N) is 2. The second-order valence-corrected chi connectivity index (χ2v) is 12.3. The Balaban J connectivity index is 1.86. The third-order valence-electron chi connectivity index (χ3n) is 6.32. The molecule has 0 radical (unpaired) electrons. The van der Waals surface area contributed by atoms with Crippen molar-refractivity contribution in [2.24, 2.45) is 0 Å². The highest BCUT2D eigenvalue weighted by molar-refractivity contribution is 7.89. The quantitative estimate of drug-likeness (QED) is 0.496. The van der Waals surface area contributed by atoms with Crippen LogP contribution >= 0.6 is 11.3 Å². The van der Waals surface area contributed by atoms with Crippen molar-refractivity contribution in [2.75, 3.05) is 46.1 Å². The van der Waals surface area contributed by atoms with E-state index in [4.69, 9.17) is 0 Å². The highest BCUT2D eigenvalue weighted by Crippen LogP contribution is 2.37. The van der Waals surface area contributed by atoms with Gasteiger partial charge in [-0.05, 0) is 49.2 Å². The number of anilines is 1. The average Bonchev–Trinajstić information content (AvgIpc) is 3.23. The molecule has 0 bridgehead atoms. The number of benzene rings is 1. The number of unbranched alkanes of at least 4 members (excludes halogenated alkanes) is 1. The van der Waals surface area contributed by atoms with Gasteiger partial charge in [-0.1, -0.05) is 20.3 Å². The van der Waals surface area contributed by atoms with Crippen LogP contribution in [0.15, 0.2) is 29.2 Å². The fourth-order valence-corrected chi connectivity index (χ4v) is 6.45. The van der Waals surface area contributed by atoms with Gasteiger partial charge in [-0.2, -0.15) is 0 Å². The smallest absolute Gasteiger partial charge is 0.323 e. The molecule has 1 aliphatic heterocycles. The van der Waals surface area contributed by atoms with Gasteiger partial charge in [-0.3, -0.25) is 19.8 Å². The first-order valence-corrected chi connectivity index (χ1v) is 14.5. The van der Waals surface area contributed by atoms with Crippen molar-refractivity contribution in [3.63, 3.8) is 0 Å². The molecule has 0 saturated heterocycles. The zero-order valence-corrected chi connectivity index (χ0v) is 23.6. The number of carbonyl (C=O) groups is 3. The minimum atomic E-state index is -3.65. The van der Waals surface area contributed by atoms with E-state index in [0.29, 0.717) is 30.1 Å². The molecular formula is C25H35N5O5S2. The second-order valence-electron chi connectivity index (χ2n) is 9.14. The lowest BCUT2D eigenvalue weighted by atomic mass is 10.0. The Kier molecular flexibility index (Phi) is 9.46. The number of thiophene rings is 1. The van der Waals surface area contributed by atoms with Crippen molar-refractivity contribution >= 4 is 44.2 Å². The summed E-state index contributed by atoms with van der Waals surface area (Å²) in [5.41, 5.74) is 1.40. The van der Waals surface area contributed by atoms with Crippen LogP contribution in [0.4, 0.5) is 9.80 Å². The number of urea groups is 1. The summed E-state index contributed by atoms with van der Waals surface area (Å²) in [6.07, 6.45) is 2.27. The van der Waals surface area contributed by atoms with Crippen molar-refractivity contribution in [3.05, 3.63) is 45.8 Å². The van der Waals surface area contributed by atoms with Gasteiger partial charge in [0.25, 0.3) is 11.8 Å². The summed E-state index contributed by atoms with van der Waals surface area (Å²) in [6.45, 7) is 6.77. The average molecular weight is 550 g/mol. The van der Waals surface area contributed by atoms with Crippen molar-refractivity contribution in [1.29, 1.82) is 0 Å². The summed E-state index contributed by atoms with van der Waals surface area (Å²) in [7, 11) is 0.972. The Morgan fingerprint density at radius 2 is 1.73 bits per heavy atom. The number of rotatable bonds is 9. The van der Waals surface area contributed by atoms with E-state index in [2.05, 4.69) is 22.5 Å². The van der Waals surface area contributed by atoms with E-state index in [0.717, 1.165) is 36.4 Å².